The third kappa shape index (κ3) is 4.24. The zero-order valence-corrected chi connectivity index (χ0v) is 11.7. The van der Waals surface area contributed by atoms with Crippen LogP contribution in [0.2, 0.25) is 0 Å². The monoisotopic (exact) mass is 276 g/mol. The largest absolute Gasteiger partial charge is 0.497 e. The quantitative estimate of drug-likeness (QED) is 0.830. The minimum atomic E-state index is -0.147. The molecule has 0 saturated carbocycles. The lowest BCUT2D eigenvalue weighted by molar-refractivity contribution is 0.0789. The van der Waals surface area contributed by atoms with Crippen molar-refractivity contribution >= 4 is 0 Å². The van der Waals surface area contributed by atoms with Crippen LogP contribution in [0.4, 0.5) is 0 Å². The van der Waals surface area contributed by atoms with E-state index in [4.69, 9.17) is 19.3 Å². The summed E-state index contributed by atoms with van der Waals surface area (Å²) in [5, 5.41) is 8.80. The third-order valence-electron chi connectivity index (χ3n) is 3.25. The van der Waals surface area contributed by atoms with E-state index in [0.717, 1.165) is 36.5 Å². The normalized spacial score (nSPS) is 17.6. The molecule has 1 unspecified atom stereocenters. The van der Waals surface area contributed by atoms with Crippen molar-refractivity contribution in [2.24, 2.45) is 5.92 Å². The first-order valence-electron chi connectivity index (χ1n) is 6.75. The van der Waals surface area contributed by atoms with E-state index >= 15 is 0 Å². The Balaban J connectivity index is 1.99. The molecule has 0 radical (unpaired) electrons. The van der Waals surface area contributed by atoms with Crippen LogP contribution in [0.25, 0.3) is 0 Å². The number of benzene rings is 1. The molecule has 1 N–H and O–H groups in total. The fourth-order valence-electron chi connectivity index (χ4n) is 2.12. The van der Waals surface area contributed by atoms with E-state index in [1.165, 1.54) is 0 Å². The summed E-state index contributed by atoms with van der Waals surface area (Å²) in [5.41, 5.74) is 1.84. The van der Waals surface area contributed by atoms with Gasteiger partial charge in [-0.15, -0.1) is 0 Å². The Labute approximate surface area is 119 Å². The second-order valence-electron chi connectivity index (χ2n) is 4.73. The molecule has 4 nitrogen and oxygen atoms in total. The highest BCUT2D eigenvalue weighted by Crippen LogP contribution is 2.19. The van der Waals surface area contributed by atoms with Gasteiger partial charge in [0.05, 0.1) is 26.9 Å². The molecule has 1 aliphatic rings. The van der Waals surface area contributed by atoms with E-state index in [1.54, 1.807) is 7.11 Å². The second-order valence-corrected chi connectivity index (χ2v) is 4.73. The van der Waals surface area contributed by atoms with Gasteiger partial charge >= 0.3 is 0 Å². The first-order valence-corrected chi connectivity index (χ1v) is 6.75. The number of hydrogen-bond donors (Lipinski definition) is 1. The van der Waals surface area contributed by atoms with Crippen molar-refractivity contribution in [2.45, 2.75) is 13.0 Å². The third-order valence-corrected chi connectivity index (χ3v) is 3.25. The van der Waals surface area contributed by atoms with Gasteiger partial charge in [0.1, 0.15) is 12.4 Å². The molecule has 4 heteroatoms. The molecule has 1 saturated heterocycles. The average molecular weight is 276 g/mol. The molecule has 1 atom stereocenters. The van der Waals surface area contributed by atoms with Gasteiger partial charge in [-0.05, 0) is 30.2 Å². The van der Waals surface area contributed by atoms with Crippen LogP contribution in [-0.2, 0) is 16.1 Å². The van der Waals surface area contributed by atoms with E-state index in [0.29, 0.717) is 19.1 Å². The molecule has 1 aromatic carbocycles. The maximum Gasteiger partial charge on any atom is 0.119 e. The molecule has 1 heterocycles. The molecule has 1 aromatic rings. The van der Waals surface area contributed by atoms with Gasteiger partial charge in [-0.2, -0.15) is 0 Å². The number of aliphatic hydroxyl groups is 1. The lowest BCUT2D eigenvalue weighted by Gasteiger charge is -2.11. The molecule has 1 fully saturated rings. The molecule has 0 aromatic heterocycles. The standard InChI is InChI=1S/C16H20O4/c1-18-16-5-4-14(3-2-7-17)15(9-16)12-20-11-13-6-8-19-10-13/h4-5,9,13,17H,6-8,10-12H2,1H3. The number of aliphatic hydroxyl groups excluding tert-OH is 1. The van der Waals surface area contributed by atoms with Crippen molar-refractivity contribution in [3.8, 4) is 17.6 Å². The summed E-state index contributed by atoms with van der Waals surface area (Å²) in [6, 6.07) is 5.67. The van der Waals surface area contributed by atoms with E-state index in [-0.39, 0.29) is 6.61 Å². The highest BCUT2D eigenvalue weighted by atomic mass is 16.5. The molecule has 2 rings (SSSR count). The van der Waals surface area contributed by atoms with Gasteiger partial charge < -0.3 is 19.3 Å². The van der Waals surface area contributed by atoms with Gasteiger partial charge in [-0.1, -0.05) is 11.8 Å². The number of rotatable bonds is 5. The fourth-order valence-corrected chi connectivity index (χ4v) is 2.12. The summed E-state index contributed by atoms with van der Waals surface area (Å²) in [6.45, 7) is 2.66. The van der Waals surface area contributed by atoms with Crippen molar-refractivity contribution in [3.05, 3.63) is 29.3 Å². The topological polar surface area (TPSA) is 47.9 Å². The van der Waals surface area contributed by atoms with Crippen molar-refractivity contribution in [3.63, 3.8) is 0 Å². The summed E-state index contributed by atoms with van der Waals surface area (Å²) in [7, 11) is 1.63. The highest BCUT2D eigenvalue weighted by molar-refractivity contribution is 5.45. The van der Waals surface area contributed by atoms with Crippen LogP contribution in [0.1, 0.15) is 17.5 Å². The zero-order valence-electron chi connectivity index (χ0n) is 11.7. The fraction of sp³-hybridized carbons (Fsp3) is 0.500. The minimum Gasteiger partial charge on any atom is -0.497 e. The summed E-state index contributed by atoms with van der Waals surface area (Å²) in [6.07, 6.45) is 1.06. The van der Waals surface area contributed by atoms with E-state index < -0.39 is 0 Å². The number of methoxy groups -OCH3 is 1. The van der Waals surface area contributed by atoms with Gasteiger partial charge in [0.2, 0.25) is 0 Å². The molecular weight excluding hydrogens is 256 g/mol. The van der Waals surface area contributed by atoms with Gasteiger partial charge in [-0.3, -0.25) is 0 Å². The second kappa shape index (κ2) is 7.91. The first-order chi connectivity index (χ1) is 9.83. The van der Waals surface area contributed by atoms with Crippen molar-refractivity contribution in [1.29, 1.82) is 0 Å². The predicted molar refractivity (Wildman–Crippen MR) is 75.5 cm³/mol. The van der Waals surface area contributed by atoms with Crippen LogP contribution >= 0.6 is 0 Å². The Bertz CT molecular complexity index is 481. The first kappa shape index (κ1) is 14.9. The molecule has 20 heavy (non-hydrogen) atoms. The smallest absolute Gasteiger partial charge is 0.119 e. The van der Waals surface area contributed by atoms with Gasteiger partial charge in [0.15, 0.2) is 0 Å². The molecule has 0 aliphatic carbocycles. The molecule has 0 amide bonds. The Morgan fingerprint density at radius 2 is 2.35 bits per heavy atom. The Morgan fingerprint density at radius 3 is 3.05 bits per heavy atom. The van der Waals surface area contributed by atoms with Crippen LogP contribution < -0.4 is 4.74 Å². The van der Waals surface area contributed by atoms with Crippen LogP contribution in [0.15, 0.2) is 18.2 Å². The van der Waals surface area contributed by atoms with Crippen LogP contribution in [0.3, 0.4) is 0 Å². The Hall–Kier alpha value is -1.54. The summed E-state index contributed by atoms with van der Waals surface area (Å²) in [5.74, 6) is 6.87. The zero-order chi connectivity index (χ0) is 14.2. The highest BCUT2D eigenvalue weighted by Gasteiger charge is 2.15. The van der Waals surface area contributed by atoms with Gasteiger partial charge in [-0.25, -0.2) is 0 Å². The lowest BCUT2D eigenvalue weighted by Crippen LogP contribution is -2.09. The van der Waals surface area contributed by atoms with Crippen molar-refractivity contribution < 1.29 is 19.3 Å². The average Bonchev–Trinajstić information content (AvgIpc) is 2.99. The number of hydrogen-bond acceptors (Lipinski definition) is 4. The summed E-state index contributed by atoms with van der Waals surface area (Å²) >= 11 is 0. The van der Waals surface area contributed by atoms with Gasteiger partial charge in [0.25, 0.3) is 0 Å². The minimum absolute atomic E-state index is 0.147. The lowest BCUT2D eigenvalue weighted by atomic mass is 10.1. The maximum absolute atomic E-state index is 8.80. The maximum atomic E-state index is 8.80. The molecule has 1 aliphatic heterocycles. The SMILES string of the molecule is COc1ccc(C#CCO)c(COCC2CCOC2)c1. The van der Waals surface area contributed by atoms with Gasteiger partial charge in [0, 0.05) is 18.1 Å². The molecule has 108 valence electrons. The number of ether oxygens (including phenoxy) is 3. The predicted octanol–water partition coefficient (Wildman–Crippen LogP) is 1.59. The summed E-state index contributed by atoms with van der Waals surface area (Å²) < 4.78 is 16.3. The van der Waals surface area contributed by atoms with Crippen LogP contribution in [0.5, 0.6) is 5.75 Å². The van der Waals surface area contributed by atoms with E-state index in [9.17, 15) is 0 Å². The summed E-state index contributed by atoms with van der Waals surface area (Å²) in [4.78, 5) is 0. The Morgan fingerprint density at radius 1 is 1.45 bits per heavy atom. The van der Waals surface area contributed by atoms with Crippen LogP contribution in [-0.4, -0.2) is 38.6 Å². The molecule has 0 bridgehead atoms. The molecular formula is C16H20O4. The van der Waals surface area contributed by atoms with Crippen molar-refractivity contribution in [1.82, 2.24) is 0 Å². The van der Waals surface area contributed by atoms with Crippen LogP contribution in [0, 0.1) is 17.8 Å². The van der Waals surface area contributed by atoms with Crippen molar-refractivity contribution in [2.75, 3.05) is 33.5 Å². The van der Waals surface area contributed by atoms with E-state index in [1.807, 2.05) is 18.2 Å². The molecule has 0 spiro atoms. The van der Waals surface area contributed by atoms with E-state index in [2.05, 4.69) is 11.8 Å². The Kier molecular flexibility index (Phi) is 5.87.